The minimum Gasteiger partial charge on any atom is -0.481 e. The van der Waals surface area contributed by atoms with Gasteiger partial charge in [-0.25, -0.2) is 0 Å². The van der Waals surface area contributed by atoms with Crippen LogP contribution in [0, 0.1) is 11.8 Å². The summed E-state index contributed by atoms with van der Waals surface area (Å²) in [5.41, 5.74) is 0. The molecule has 0 spiro atoms. The van der Waals surface area contributed by atoms with Crippen molar-refractivity contribution in [3.05, 3.63) is 0 Å². The first-order valence-corrected chi connectivity index (χ1v) is 7.01. The van der Waals surface area contributed by atoms with Crippen LogP contribution >= 0.6 is 0 Å². The standard InChI is InChI=1S/C14H27NO2/c1-12(14(16)17)11-15(2)10-9-13-7-5-3-4-6-8-13/h12-13H,3-11H2,1-2H3,(H,16,17). The number of hydrogen-bond donors (Lipinski definition) is 1. The number of hydrogen-bond acceptors (Lipinski definition) is 2. The van der Waals surface area contributed by atoms with E-state index in [2.05, 4.69) is 4.90 Å². The lowest BCUT2D eigenvalue weighted by molar-refractivity contribution is -0.141. The average Bonchev–Trinajstić information content (AvgIpc) is 2.54. The summed E-state index contributed by atoms with van der Waals surface area (Å²) in [7, 11) is 2.04. The van der Waals surface area contributed by atoms with E-state index < -0.39 is 5.97 Å². The third kappa shape index (κ3) is 6.06. The molecule has 0 bridgehead atoms. The van der Waals surface area contributed by atoms with Gasteiger partial charge in [-0.2, -0.15) is 0 Å². The Hall–Kier alpha value is -0.570. The molecule has 0 saturated heterocycles. The fourth-order valence-corrected chi connectivity index (χ4v) is 2.69. The Morgan fingerprint density at radius 3 is 2.41 bits per heavy atom. The van der Waals surface area contributed by atoms with Gasteiger partial charge in [0.2, 0.25) is 0 Å². The van der Waals surface area contributed by atoms with E-state index in [1.165, 1.54) is 44.9 Å². The van der Waals surface area contributed by atoms with Gasteiger partial charge in [0.15, 0.2) is 0 Å². The highest BCUT2D eigenvalue weighted by atomic mass is 16.4. The molecule has 1 N–H and O–H groups in total. The van der Waals surface area contributed by atoms with Gasteiger partial charge in [-0.05, 0) is 25.9 Å². The zero-order chi connectivity index (χ0) is 12.7. The molecule has 1 saturated carbocycles. The maximum absolute atomic E-state index is 10.8. The first kappa shape index (κ1) is 14.5. The minimum atomic E-state index is -0.689. The van der Waals surface area contributed by atoms with Gasteiger partial charge < -0.3 is 10.0 Å². The van der Waals surface area contributed by atoms with Crippen molar-refractivity contribution >= 4 is 5.97 Å². The van der Waals surface area contributed by atoms with Crippen molar-refractivity contribution in [1.29, 1.82) is 0 Å². The van der Waals surface area contributed by atoms with Crippen LogP contribution in [-0.4, -0.2) is 36.1 Å². The highest BCUT2D eigenvalue weighted by Gasteiger charge is 2.16. The maximum Gasteiger partial charge on any atom is 0.307 e. The topological polar surface area (TPSA) is 40.5 Å². The Labute approximate surface area is 105 Å². The van der Waals surface area contributed by atoms with Crippen LogP contribution in [0.15, 0.2) is 0 Å². The molecular weight excluding hydrogens is 214 g/mol. The molecule has 0 aromatic carbocycles. The van der Waals surface area contributed by atoms with Crippen molar-refractivity contribution in [1.82, 2.24) is 4.90 Å². The van der Waals surface area contributed by atoms with Crippen LogP contribution in [0.5, 0.6) is 0 Å². The van der Waals surface area contributed by atoms with Crippen LogP contribution in [0.4, 0.5) is 0 Å². The molecule has 1 fully saturated rings. The third-order valence-corrected chi connectivity index (χ3v) is 3.90. The summed E-state index contributed by atoms with van der Waals surface area (Å²) in [6.45, 7) is 3.49. The molecule has 3 nitrogen and oxygen atoms in total. The van der Waals surface area contributed by atoms with E-state index in [4.69, 9.17) is 5.11 Å². The van der Waals surface area contributed by atoms with E-state index in [9.17, 15) is 4.79 Å². The average molecular weight is 241 g/mol. The lowest BCUT2D eigenvalue weighted by atomic mass is 9.96. The minimum absolute atomic E-state index is 0.255. The van der Waals surface area contributed by atoms with E-state index in [-0.39, 0.29) is 5.92 Å². The monoisotopic (exact) mass is 241 g/mol. The Bertz CT molecular complexity index is 222. The van der Waals surface area contributed by atoms with Crippen LogP contribution in [0.3, 0.4) is 0 Å². The molecule has 1 atom stereocenters. The van der Waals surface area contributed by atoms with E-state index >= 15 is 0 Å². The van der Waals surface area contributed by atoms with Crippen LogP contribution in [0.25, 0.3) is 0 Å². The second-order valence-corrected chi connectivity index (χ2v) is 5.65. The van der Waals surface area contributed by atoms with Crippen molar-refractivity contribution in [2.45, 2.75) is 51.9 Å². The van der Waals surface area contributed by atoms with Gasteiger partial charge in [-0.1, -0.05) is 45.4 Å². The van der Waals surface area contributed by atoms with Gasteiger partial charge in [0.05, 0.1) is 5.92 Å². The molecule has 0 aromatic heterocycles. The van der Waals surface area contributed by atoms with E-state index in [1.54, 1.807) is 6.92 Å². The zero-order valence-corrected chi connectivity index (χ0v) is 11.3. The summed E-state index contributed by atoms with van der Waals surface area (Å²) in [5.74, 6) is -0.0689. The summed E-state index contributed by atoms with van der Waals surface area (Å²) >= 11 is 0. The first-order chi connectivity index (χ1) is 8.09. The van der Waals surface area contributed by atoms with Gasteiger partial charge in [0.25, 0.3) is 0 Å². The molecule has 0 aromatic rings. The molecule has 17 heavy (non-hydrogen) atoms. The van der Waals surface area contributed by atoms with E-state index in [0.717, 1.165) is 12.5 Å². The molecule has 1 unspecified atom stereocenters. The molecule has 0 radical (unpaired) electrons. The Morgan fingerprint density at radius 1 is 1.29 bits per heavy atom. The smallest absolute Gasteiger partial charge is 0.307 e. The number of carbonyl (C=O) groups is 1. The summed E-state index contributed by atoms with van der Waals surface area (Å²) in [6, 6.07) is 0. The van der Waals surface area contributed by atoms with Gasteiger partial charge in [0.1, 0.15) is 0 Å². The molecule has 3 heteroatoms. The molecule has 1 aliphatic rings. The second-order valence-electron chi connectivity index (χ2n) is 5.65. The third-order valence-electron chi connectivity index (χ3n) is 3.90. The van der Waals surface area contributed by atoms with Crippen LogP contribution in [-0.2, 0) is 4.79 Å². The van der Waals surface area contributed by atoms with Crippen molar-refractivity contribution < 1.29 is 9.90 Å². The Kier molecular flexibility index (Phi) is 6.56. The first-order valence-electron chi connectivity index (χ1n) is 7.01. The zero-order valence-electron chi connectivity index (χ0n) is 11.3. The lowest BCUT2D eigenvalue weighted by Crippen LogP contribution is -2.30. The number of carboxylic acids is 1. The normalized spacial score (nSPS) is 20.2. The lowest BCUT2D eigenvalue weighted by Gasteiger charge is -2.22. The Balaban J connectivity index is 2.17. The van der Waals surface area contributed by atoms with Crippen LogP contribution in [0.1, 0.15) is 51.9 Å². The quantitative estimate of drug-likeness (QED) is 0.727. The predicted octanol–water partition coefficient (Wildman–Crippen LogP) is 3.00. The van der Waals surface area contributed by atoms with Gasteiger partial charge in [0, 0.05) is 6.54 Å². The van der Waals surface area contributed by atoms with Gasteiger partial charge in [-0.3, -0.25) is 4.79 Å². The molecule has 0 amide bonds. The Morgan fingerprint density at radius 2 is 1.88 bits per heavy atom. The summed E-state index contributed by atoms with van der Waals surface area (Å²) in [5, 5.41) is 8.86. The summed E-state index contributed by atoms with van der Waals surface area (Å²) < 4.78 is 0. The summed E-state index contributed by atoms with van der Waals surface area (Å²) in [6.07, 6.45) is 9.58. The van der Waals surface area contributed by atoms with E-state index in [0.29, 0.717) is 6.54 Å². The molecular formula is C14H27NO2. The fourth-order valence-electron chi connectivity index (χ4n) is 2.69. The largest absolute Gasteiger partial charge is 0.481 e. The fraction of sp³-hybridized carbons (Fsp3) is 0.929. The second kappa shape index (κ2) is 7.70. The number of carboxylic acid groups (broad SMARTS) is 1. The molecule has 0 aliphatic heterocycles. The van der Waals surface area contributed by atoms with Crippen LogP contribution in [0.2, 0.25) is 0 Å². The van der Waals surface area contributed by atoms with Gasteiger partial charge in [-0.15, -0.1) is 0 Å². The maximum atomic E-state index is 10.8. The van der Waals surface area contributed by atoms with Crippen molar-refractivity contribution in [2.24, 2.45) is 11.8 Å². The highest BCUT2D eigenvalue weighted by molar-refractivity contribution is 5.69. The van der Waals surface area contributed by atoms with Gasteiger partial charge >= 0.3 is 5.97 Å². The number of aliphatic carboxylic acids is 1. The van der Waals surface area contributed by atoms with Crippen LogP contribution < -0.4 is 0 Å². The SMILES string of the molecule is CC(CN(C)CCC1CCCCCC1)C(=O)O. The molecule has 0 heterocycles. The molecule has 100 valence electrons. The van der Waals surface area contributed by atoms with Crippen molar-refractivity contribution in [3.8, 4) is 0 Å². The molecule has 1 rings (SSSR count). The number of nitrogens with zero attached hydrogens (tertiary/aromatic N) is 1. The van der Waals surface area contributed by atoms with E-state index in [1.807, 2.05) is 7.05 Å². The van der Waals surface area contributed by atoms with Crippen molar-refractivity contribution in [3.63, 3.8) is 0 Å². The summed E-state index contributed by atoms with van der Waals surface area (Å²) in [4.78, 5) is 12.9. The highest BCUT2D eigenvalue weighted by Crippen LogP contribution is 2.25. The van der Waals surface area contributed by atoms with Crippen molar-refractivity contribution in [2.75, 3.05) is 20.1 Å². The predicted molar refractivity (Wildman–Crippen MR) is 70.1 cm³/mol. The molecule has 1 aliphatic carbocycles. The number of rotatable bonds is 6.